The summed E-state index contributed by atoms with van der Waals surface area (Å²) >= 11 is 2.05. The summed E-state index contributed by atoms with van der Waals surface area (Å²) in [5, 5.41) is 3.01. The van der Waals surface area contributed by atoms with E-state index in [-0.39, 0.29) is 0 Å². The van der Waals surface area contributed by atoms with Crippen LogP contribution in [0, 0.1) is 5.92 Å². The predicted molar refractivity (Wildman–Crippen MR) is 60.2 cm³/mol. The summed E-state index contributed by atoms with van der Waals surface area (Å²) < 4.78 is 0. The van der Waals surface area contributed by atoms with Gasteiger partial charge >= 0.3 is 0 Å². The molecule has 13 heavy (non-hydrogen) atoms. The Bertz CT molecular complexity index is 164. The van der Waals surface area contributed by atoms with Gasteiger partial charge in [0.2, 0.25) is 0 Å². The zero-order valence-electron chi connectivity index (χ0n) is 8.25. The normalized spacial score (nSPS) is 20.2. The van der Waals surface area contributed by atoms with Crippen molar-refractivity contribution in [3.8, 4) is 0 Å². The summed E-state index contributed by atoms with van der Waals surface area (Å²) in [5.74, 6) is 3.95. The van der Waals surface area contributed by atoms with Gasteiger partial charge in [-0.15, -0.1) is 0 Å². The molecule has 0 spiro atoms. The highest BCUT2D eigenvalue weighted by Gasteiger charge is 2.12. The van der Waals surface area contributed by atoms with Crippen LogP contribution in [0.1, 0.15) is 19.8 Å². The van der Waals surface area contributed by atoms with Crippen LogP contribution in [-0.4, -0.2) is 30.6 Å². The maximum Gasteiger partial charge on any atom is 0.188 e. The van der Waals surface area contributed by atoms with Gasteiger partial charge in [0.05, 0.1) is 0 Å². The van der Waals surface area contributed by atoms with E-state index in [1.165, 1.54) is 24.3 Å². The van der Waals surface area contributed by atoms with E-state index in [1.54, 1.807) is 0 Å². The highest BCUT2D eigenvalue weighted by atomic mass is 32.2. The first kappa shape index (κ1) is 10.7. The molecule has 3 N–H and O–H groups in total. The van der Waals surface area contributed by atoms with Gasteiger partial charge in [-0.1, -0.05) is 0 Å². The molecule has 1 fully saturated rings. The number of guanidine groups is 1. The molecule has 0 unspecified atom stereocenters. The summed E-state index contributed by atoms with van der Waals surface area (Å²) in [6.45, 7) is 3.79. The van der Waals surface area contributed by atoms with Crippen molar-refractivity contribution >= 4 is 17.7 Å². The van der Waals surface area contributed by atoms with E-state index in [0.29, 0.717) is 5.96 Å². The van der Waals surface area contributed by atoms with Crippen LogP contribution in [0.15, 0.2) is 4.99 Å². The first-order valence-electron chi connectivity index (χ1n) is 4.94. The average molecular weight is 201 g/mol. The molecule has 1 aliphatic heterocycles. The van der Waals surface area contributed by atoms with E-state index >= 15 is 0 Å². The Hall–Kier alpha value is -0.380. The summed E-state index contributed by atoms with van der Waals surface area (Å²) in [6, 6.07) is 0. The molecular formula is C9H19N3S. The number of hydrogen-bond donors (Lipinski definition) is 2. The van der Waals surface area contributed by atoms with Crippen molar-refractivity contribution in [1.29, 1.82) is 0 Å². The van der Waals surface area contributed by atoms with Crippen molar-refractivity contribution in [2.24, 2.45) is 16.6 Å². The van der Waals surface area contributed by atoms with Crippen LogP contribution < -0.4 is 11.1 Å². The van der Waals surface area contributed by atoms with Gasteiger partial charge in [-0.05, 0) is 37.2 Å². The predicted octanol–water partition coefficient (Wildman–Crippen LogP) is 1.05. The lowest BCUT2D eigenvalue weighted by atomic mass is 10.0. The van der Waals surface area contributed by atoms with Crippen molar-refractivity contribution < 1.29 is 0 Å². The summed E-state index contributed by atoms with van der Waals surface area (Å²) in [6.07, 6.45) is 2.60. The molecule has 4 heteroatoms. The zero-order chi connectivity index (χ0) is 9.52. The van der Waals surface area contributed by atoms with E-state index in [9.17, 15) is 0 Å². The summed E-state index contributed by atoms with van der Waals surface area (Å²) in [7, 11) is 0. The molecule has 1 heterocycles. The fourth-order valence-corrected chi connectivity index (χ4v) is 2.60. The quantitative estimate of drug-likeness (QED) is 0.530. The Morgan fingerprint density at radius 1 is 1.54 bits per heavy atom. The molecule has 3 nitrogen and oxygen atoms in total. The Labute approximate surface area is 84.6 Å². The van der Waals surface area contributed by atoms with Gasteiger partial charge < -0.3 is 11.1 Å². The molecular weight excluding hydrogens is 182 g/mol. The minimum Gasteiger partial charge on any atom is -0.370 e. The van der Waals surface area contributed by atoms with Gasteiger partial charge in [0, 0.05) is 13.1 Å². The Kier molecular flexibility index (Phi) is 5.05. The monoisotopic (exact) mass is 201 g/mol. The molecule has 0 radical (unpaired) electrons. The number of thioether (sulfide) groups is 1. The fraction of sp³-hybridized carbons (Fsp3) is 0.889. The van der Waals surface area contributed by atoms with Crippen LogP contribution in [0.25, 0.3) is 0 Å². The van der Waals surface area contributed by atoms with Crippen LogP contribution in [0.5, 0.6) is 0 Å². The number of nitrogens with two attached hydrogens (primary N) is 1. The smallest absolute Gasteiger partial charge is 0.188 e. The lowest BCUT2D eigenvalue weighted by Gasteiger charge is -2.19. The van der Waals surface area contributed by atoms with Crippen LogP contribution in [-0.2, 0) is 0 Å². The van der Waals surface area contributed by atoms with Crippen LogP contribution in [0.3, 0.4) is 0 Å². The second-order valence-electron chi connectivity index (χ2n) is 3.31. The maximum atomic E-state index is 5.64. The highest BCUT2D eigenvalue weighted by Crippen LogP contribution is 2.22. The van der Waals surface area contributed by atoms with E-state index in [1.807, 2.05) is 18.7 Å². The molecule has 1 saturated heterocycles. The van der Waals surface area contributed by atoms with Crippen molar-refractivity contribution in [3.63, 3.8) is 0 Å². The highest BCUT2D eigenvalue weighted by molar-refractivity contribution is 7.99. The van der Waals surface area contributed by atoms with Crippen molar-refractivity contribution in [2.75, 3.05) is 24.6 Å². The number of aliphatic imine (C=N–C) groups is 1. The first-order valence-corrected chi connectivity index (χ1v) is 6.10. The third kappa shape index (κ3) is 4.41. The lowest BCUT2D eigenvalue weighted by Crippen LogP contribution is -2.32. The number of rotatable bonds is 3. The summed E-state index contributed by atoms with van der Waals surface area (Å²) in [4.78, 5) is 4.31. The lowest BCUT2D eigenvalue weighted by molar-refractivity contribution is 0.502. The second kappa shape index (κ2) is 6.13. The standard InChI is InChI=1S/C9H19N3S/c1-2-11-9(10)12-7-8-3-5-13-6-4-8/h8H,2-7H2,1H3,(H3,10,11,12). The molecule has 0 saturated carbocycles. The van der Waals surface area contributed by atoms with Gasteiger partial charge in [-0.3, -0.25) is 4.99 Å². The van der Waals surface area contributed by atoms with Gasteiger partial charge in [0.1, 0.15) is 0 Å². The third-order valence-electron chi connectivity index (χ3n) is 2.22. The number of hydrogen-bond acceptors (Lipinski definition) is 2. The molecule has 0 aromatic carbocycles. The fourth-order valence-electron chi connectivity index (χ4n) is 1.39. The molecule has 0 atom stereocenters. The first-order chi connectivity index (χ1) is 6.33. The largest absolute Gasteiger partial charge is 0.370 e. The molecule has 1 aliphatic rings. The van der Waals surface area contributed by atoms with Gasteiger partial charge in [-0.2, -0.15) is 11.8 Å². The molecule has 76 valence electrons. The van der Waals surface area contributed by atoms with Gasteiger partial charge in [-0.25, -0.2) is 0 Å². The minimum atomic E-state index is 0.598. The Morgan fingerprint density at radius 3 is 2.85 bits per heavy atom. The molecule has 0 aliphatic carbocycles. The van der Waals surface area contributed by atoms with E-state index in [2.05, 4.69) is 10.3 Å². The zero-order valence-corrected chi connectivity index (χ0v) is 9.07. The van der Waals surface area contributed by atoms with Crippen LogP contribution in [0.4, 0.5) is 0 Å². The molecule has 0 bridgehead atoms. The van der Waals surface area contributed by atoms with Crippen molar-refractivity contribution in [3.05, 3.63) is 0 Å². The van der Waals surface area contributed by atoms with Crippen molar-refractivity contribution in [1.82, 2.24) is 5.32 Å². The van der Waals surface area contributed by atoms with E-state index in [4.69, 9.17) is 5.73 Å². The maximum absolute atomic E-state index is 5.64. The topological polar surface area (TPSA) is 50.4 Å². The van der Waals surface area contributed by atoms with E-state index in [0.717, 1.165) is 19.0 Å². The SMILES string of the molecule is CCNC(N)=NCC1CCSCC1. The minimum absolute atomic E-state index is 0.598. The average Bonchev–Trinajstić information content (AvgIpc) is 2.17. The van der Waals surface area contributed by atoms with Gasteiger partial charge in [0.25, 0.3) is 0 Å². The molecule has 0 aromatic heterocycles. The van der Waals surface area contributed by atoms with Crippen LogP contribution in [0.2, 0.25) is 0 Å². The molecule has 1 rings (SSSR count). The molecule has 0 aromatic rings. The molecule has 0 amide bonds. The Balaban J connectivity index is 2.19. The number of nitrogens with one attached hydrogen (secondary N) is 1. The van der Waals surface area contributed by atoms with E-state index < -0.39 is 0 Å². The van der Waals surface area contributed by atoms with Crippen molar-refractivity contribution in [2.45, 2.75) is 19.8 Å². The van der Waals surface area contributed by atoms with Gasteiger partial charge in [0.15, 0.2) is 5.96 Å². The third-order valence-corrected chi connectivity index (χ3v) is 3.27. The second-order valence-corrected chi connectivity index (χ2v) is 4.54. The Morgan fingerprint density at radius 2 is 2.23 bits per heavy atom. The number of nitrogens with zero attached hydrogens (tertiary/aromatic N) is 1. The van der Waals surface area contributed by atoms with Crippen LogP contribution >= 0.6 is 11.8 Å². The summed E-state index contributed by atoms with van der Waals surface area (Å²) in [5.41, 5.74) is 5.64.